The van der Waals surface area contributed by atoms with E-state index in [1.165, 1.54) is 20.3 Å². The molecule has 0 atom stereocenters. The van der Waals surface area contributed by atoms with Gasteiger partial charge in [-0.2, -0.15) is 13.2 Å². The second-order valence-electron chi connectivity index (χ2n) is 6.78. The first-order valence-electron chi connectivity index (χ1n) is 10.1. The summed E-state index contributed by atoms with van der Waals surface area (Å²) in [4.78, 5) is 20.1. The van der Waals surface area contributed by atoms with Crippen LogP contribution >= 0.6 is 11.8 Å². The van der Waals surface area contributed by atoms with Crippen LogP contribution in [0.5, 0.6) is 17.2 Å². The van der Waals surface area contributed by atoms with E-state index >= 15 is 0 Å². The minimum Gasteiger partial charge on any atom is -0.494 e. The van der Waals surface area contributed by atoms with Crippen molar-refractivity contribution in [2.24, 2.45) is 0 Å². The SMILES string of the molecule is CCOc1ccc(NC(=O)CSc2nc(-c3ccc(OC)c(OC)c3)cc(C(F)(F)F)n2)cc1. The highest BCUT2D eigenvalue weighted by molar-refractivity contribution is 7.99. The van der Waals surface area contributed by atoms with E-state index in [4.69, 9.17) is 14.2 Å². The molecule has 0 saturated heterocycles. The fourth-order valence-electron chi connectivity index (χ4n) is 2.91. The number of hydrogen-bond acceptors (Lipinski definition) is 7. The highest BCUT2D eigenvalue weighted by atomic mass is 32.2. The monoisotopic (exact) mass is 493 g/mol. The van der Waals surface area contributed by atoms with Crippen LogP contribution in [0.2, 0.25) is 0 Å². The lowest BCUT2D eigenvalue weighted by molar-refractivity contribution is -0.141. The molecule has 0 aliphatic carbocycles. The van der Waals surface area contributed by atoms with Gasteiger partial charge in [0.2, 0.25) is 5.91 Å². The number of anilines is 1. The number of alkyl halides is 3. The van der Waals surface area contributed by atoms with Gasteiger partial charge < -0.3 is 19.5 Å². The van der Waals surface area contributed by atoms with Crippen molar-refractivity contribution in [1.82, 2.24) is 9.97 Å². The van der Waals surface area contributed by atoms with Crippen molar-refractivity contribution in [2.75, 3.05) is 31.9 Å². The van der Waals surface area contributed by atoms with E-state index in [0.29, 0.717) is 35.1 Å². The van der Waals surface area contributed by atoms with Crippen LogP contribution in [0.4, 0.5) is 18.9 Å². The molecular weight excluding hydrogens is 471 g/mol. The van der Waals surface area contributed by atoms with Gasteiger partial charge in [0.25, 0.3) is 0 Å². The van der Waals surface area contributed by atoms with Crippen molar-refractivity contribution in [1.29, 1.82) is 0 Å². The van der Waals surface area contributed by atoms with Crippen LogP contribution in [0, 0.1) is 0 Å². The van der Waals surface area contributed by atoms with Crippen LogP contribution in [0.1, 0.15) is 12.6 Å². The molecule has 0 radical (unpaired) electrons. The normalized spacial score (nSPS) is 11.1. The molecule has 0 fully saturated rings. The molecule has 3 rings (SSSR count). The Hall–Kier alpha value is -3.47. The van der Waals surface area contributed by atoms with E-state index in [-0.39, 0.29) is 16.6 Å². The Bertz CT molecular complexity index is 1140. The van der Waals surface area contributed by atoms with Crippen LogP contribution in [0.15, 0.2) is 53.7 Å². The second kappa shape index (κ2) is 11.1. The minimum atomic E-state index is -4.69. The predicted octanol–water partition coefficient (Wildman–Crippen LogP) is 5.31. The van der Waals surface area contributed by atoms with Gasteiger partial charge >= 0.3 is 6.18 Å². The number of carbonyl (C=O) groups excluding carboxylic acids is 1. The Balaban J connectivity index is 1.79. The Morgan fingerprint density at radius 3 is 2.32 bits per heavy atom. The number of thioether (sulfide) groups is 1. The average molecular weight is 494 g/mol. The molecule has 0 aliphatic heterocycles. The lowest BCUT2D eigenvalue weighted by Crippen LogP contribution is -2.15. The summed E-state index contributed by atoms with van der Waals surface area (Å²) in [5, 5.41) is 2.50. The molecule has 0 saturated carbocycles. The molecule has 0 bridgehead atoms. The zero-order chi connectivity index (χ0) is 24.7. The van der Waals surface area contributed by atoms with Gasteiger partial charge in [0, 0.05) is 11.3 Å². The molecule has 180 valence electrons. The lowest BCUT2D eigenvalue weighted by Gasteiger charge is -2.12. The van der Waals surface area contributed by atoms with Gasteiger partial charge in [-0.05, 0) is 55.5 Å². The topological polar surface area (TPSA) is 82.6 Å². The minimum absolute atomic E-state index is 0.0395. The fourth-order valence-corrected chi connectivity index (χ4v) is 3.56. The summed E-state index contributed by atoms with van der Waals surface area (Å²) >= 11 is 0.801. The molecule has 0 aliphatic rings. The number of methoxy groups -OCH3 is 2. The maximum absolute atomic E-state index is 13.5. The number of ether oxygens (including phenoxy) is 3. The maximum Gasteiger partial charge on any atom is 0.433 e. The largest absolute Gasteiger partial charge is 0.494 e. The van der Waals surface area contributed by atoms with Crippen molar-refractivity contribution in [2.45, 2.75) is 18.3 Å². The lowest BCUT2D eigenvalue weighted by atomic mass is 10.1. The predicted molar refractivity (Wildman–Crippen MR) is 123 cm³/mol. The number of nitrogens with zero attached hydrogens (tertiary/aromatic N) is 2. The molecule has 1 aromatic heterocycles. The van der Waals surface area contributed by atoms with E-state index in [0.717, 1.165) is 17.8 Å². The Morgan fingerprint density at radius 2 is 1.71 bits per heavy atom. The summed E-state index contributed by atoms with van der Waals surface area (Å²) in [7, 11) is 2.88. The van der Waals surface area contributed by atoms with E-state index in [1.807, 2.05) is 6.92 Å². The van der Waals surface area contributed by atoms with E-state index in [9.17, 15) is 18.0 Å². The summed E-state index contributed by atoms with van der Waals surface area (Å²) in [5.74, 6) is 0.839. The summed E-state index contributed by atoms with van der Waals surface area (Å²) in [6.45, 7) is 2.38. The van der Waals surface area contributed by atoms with Gasteiger partial charge in [0.15, 0.2) is 16.7 Å². The zero-order valence-electron chi connectivity index (χ0n) is 18.6. The fraction of sp³-hybridized carbons (Fsp3) is 0.261. The number of aromatic nitrogens is 2. The van der Waals surface area contributed by atoms with E-state index < -0.39 is 17.8 Å². The van der Waals surface area contributed by atoms with Crippen LogP contribution in [0.3, 0.4) is 0 Å². The first-order chi connectivity index (χ1) is 16.2. The number of amides is 1. The molecule has 1 heterocycles. The van der Waals surface area contributed by atoms with Crippen molar-refractivity contribution < 1.29 is 32.2 Å². The highest BCUT2D eigenvalue weighted by Gasteiger charge is 2.34. The zero-order valence-corrected chi connectivity index (χ0v) is 19.4. The van der Waals surface area contributed by atoms with E-state index in [2.05, 4.69) is 15.3 Å². The summed E-state index contributed by atoms with van der Waals surface area (Å²) in [6, 6.07) is 12.3. The molecule has 0 spiro atoms. The van der Waals surface area contributed by atoms with Crippen LogP contribution < -0.4 is 19.5 Å². The number of halogens is 3. The standard InChI is InChI=1S/C23H22F3N3O4S/c1-4-33-16-8-6-15(7-9-16)27-21(30)13-34-22-28-17(12-20(29-22)23(24,25)26)14-5-10-18(31-2)19(11-14)32-3/h5-12H,4,13H2,1-3H3,(H,27,30). The Morgan fingerprint density at radius 1 is 1.00 bits per heavy atom. The molecule has 1 N–H and O–H groups in total. The van der Waals surface area contributed by atoms with E-state index in [1.54, 1.807) is 36.4 Å². The highest BCUT2D eigenvalue weighted by Crippen LogP contribution is 2.35. The molecule has 2 aromatic carbocycles. The molecule has 7 nitrogen and oxygen atoms in total. The smallest absolute Gasteiger partial charge is 0.433 e. The number of nitrogens with one attached hydrogen (secondary N) is 1. The molecule has 1 amide bonds. The maximum atomic E-state index is 13.5. The number of hydrogen-bond donors (Lipinski definition) is 1. The van der Waals surface area contributed by atoms with Gasteiger partial charge in [-0.1, -0.05) is 11.8 Å². The molecule has 0 unspecified atom stereocenters. The number of carbonyl (C=O) groups is 1. The molecule has 11 heteroatoms. The van der Waals surface area contributed by atoms with Crippen molar-refractivity contribution in [3.8, 4) is 28.5 Å². The Kier molecular flexibility index (Phi) is 8.21. The summed E-state index contributed by atoms with van der Waals surface area (Å²) in [5.41, 5.74) is -0.157. The first-order valence-corrected chi connectivity index (χ1v) is 11.1. The third kappa shape index (κ3) is 6.53. The molecule has 3 aromatic rings. The second-order valence-corrected chi connectivity index (χ2v) is 7.73. The van der Waals surface area contributed by atoms with Gasteiger partial charge in [0.05, 0.1) is 32.3 Å². The van der Waals surface area contributed by atoms with Gasteiger partial charge in [-0.3, -0.25) is 4.79 Å². The summed E-state index contributed by atoms with van der Waals surface area (Å²) in [6.07, 6.45) is -4.69. The summed E-state index contributed by atoms with van der Waals surface area (Å²) < 4.78 is 56.1. The first kappa shape index (κ1) is 25.2. The van der Waals surface area contributed by atoms with Gasteiger partial charge in [-0.15, -0.1) is 0 Å². The molecule has 34 heavy (non-hydrogen) atoms. The quantitative estimate of drug-likeness (QED) is 0.320. The Labute approximate surface area is 198 Å². The van der Waals surface area contributed by atoms with Crippen LogP contribution in [0.25, 0.3) is 11.3 Å². The van der Waals surface area contributed by atoms with Crippen molar-refractivity contribution >= 4 is 23.4 Å². The van der Waals surface area contributed by atoms with Crippen molar-refractivity contribution in [3.05, 3.63) is 54.2 Å². The van der Waals surface area contributed by atoms with Crippen LogP contribution in [-0.4, -0.2) is 42.5 Å². The average Bonchev–Trinajstić information content (AvgIpc) is 2.83. The van der Waals surface area contributed by atoms with Gasteiger partial charge in [-0.25, -0.2) is 9.97 Å². The molecular formula is C23H22F3N3O4S. The third-order valence-electron chi connectivity index (χ3n) is 4.46. The number of benzene rings is 2. The third-order valence-corrected chi connectivity index (χ3v) is 5.30. The van der Waals surface area contributed by atoms with Gasteiger partial charge in [0.1, 0.15) is 11.4 Å². The van der Waals surface area contributed by atoms with Crippen molar-refractivity contribution in [3.63, 3.8) is 0 Å². The van der Waals surface area contributed by atoms with Crippen LogP contribution in [-0.2, 0) is 11.0 Å². The number of rotatable bonds is 9.